The molecule has 186 valence electrons. The van der Waals surface area contributed by atoms with Crippen molar-refractivity contribution in [1.82, 2.24) is 9.80 Å². The van der Waals surface area contributed by atoms with Crippen molar-refractivity contribution in [2.45, 2.75) is 52.5 Å². The van der Waals surface area contributed by atoms with Gasteiger partial charge in [0, 0.05) is 25.2 Å². The molecule has 3 aliphatic rings. The monoisotopic (exact) mass is 476 g/mol. The number of amides is 2. The van der Waals surface area contributed by atoms with Crippen LogP contribution in [0.4, 0.5) is 0 Å². The van der Waals surface area contributed by atoms with E-state index in [1.165, 1.54) is 0 Å². The van der Waals surface area contributed by atoms with E-state index < -0.39 is 5.92 Å². The number of hydrogen-bond acceptors (Lipinski definition) is 4. The van der Waals surface area contributed by atoms with E-state index in [9.17, 15) is 9.59 Å². The van der Waals surface area contributed by atoms with Crippen LogP contribution in [0.5, 0.6) is 11.5 Å². The Morgan fingerprint density at radius 1 is 0.971 bits per heavy atom. The zero-order valence-corrected chi connectivity index (χ0v) is 21.3. The molecule has 0 radical (unpaired) electrons. The molecular formula is C29H36N2O4. The molecule has 1 saturated heterocycles. The van der Waals surface area contributed by atoms with E-state index in [4.69, 9.17) is 9.47 Å². The van der Waals surface area contributed by atoms with Crippen molar-refractivity contribution in [3.8, 4) is 11.5 Å². The summed E-state index contributed by atoms with van der Waals surface area (Å²) in [5, 5.41) is 0. The van der Waals surface area contributed by atoms with E-state index >= 15 is 0 Å². The number of rotatable bonds is 5. The number of ether oxygens (including phenoxy) is 2. The summed E-state index contributed by atoms with van der Waals surface area (Å²) in [6, 6.07) is 11.4. The summed E-state index contributed by atoms with van der Waals surface area (Å²) in [5.74, 6) is 2.03. The molecule has 4 atom stereocenters. The molecule has 0 N–H and O–H groups in total. The van der Waals surface area contributed by atoms with E-state index in [1.54, 1.807) is 0 Å². The molecule has 2 aromatic carbocycles. The summed E-state index contributed by atoms with van der Waals surface area (Å²) < 4.78 is 11.8. The molecule has 2 amide bonds. The van der Waals surface area contributed by atoms with Gasteiger partial charge >= 0.3 is 0 Å². The summed E-state index contributed by atoms with van der Waals surface area (Å²) in [7, 11) is 0. The molecular weight excluding hydrogens is 440 g/mol. The standard InChI is InChI=1S/C29H36N2O4/c1-5-34-24-14-20-11-12-31-27(23(20)15-25(24)35-6-2)26(21-9-7-8-10-22(21)28(31)32)29(33)30-16-18(3)13-19(4)17-30/h7-10,14-15,18-19,26-27H,5-6,11-13,16-17H2,1-4H3/t18-,19-,26-,27-/m1/s1. The Hall–Kier alpha value is -3.02. The Bertz CT molecular complexity index is 1120. The lowest BCUT2D eigenvalue weighted by Gasteiger charge is -2.47. The van der Waals surface area contributed by atoms with Crippen LogP contribution in [-0.2, 0) is 11.2 Å². The molecule has 3 aliphatic heterocycles. The predicted molar refractivity (Wildman–Crippen MR) is 135 cm³/mol. The Balaban J connectivity index is 1.65. The van der Waals surface area contributed by atoms with Crippen LogP contribution in [0.3, 0.4) is 0 Å². The highest BCUT2D eigenvalue weighted by molar-refractivity contribution is 6.01. The first kappa shape index (κ1) is 23.7. The van der Waals surface area contributed by atoms with Crippen molar-refractivity contribution in [1.29, 1.82) is 0 Å². The van der Waals surface area contributed by atoms with Crippen LogP contribution in [0.25, 0.3) is 0 Å². The van der Waals surface area contributed by atoms with Gasteiger partial charge in [0.1, 0.15) is 0 Å². The van der Waals surface area contributed by atoms with Gasteiger partial charge in [-0.3, -0.25) is 9.59 Å². The predicted octanol–water partition coefficient (Wildman–Crippen LogP) is 4.83. The maximum Gasteiger partial charge on any atom is 0.254 e. The highest BCUT2D eigenvalue weighted by Gasteiger charge is 2.48. The molecule has 0 bridgehead atoms. The lowest BCUT2D eigenvalue weighted by Crippen LogP contribution is -2.52. The van der Waals surface area contributed by atoms with Crippen LogP contribution in [0, 0.1) is 11.8 Å². The molecule has 5 rings (SSSR count). The van der Waals surface area contributed by atoms with Gasteiger partial charge in [0.25, 0.3) is 5.91 Å². The molecule has 1 fully saturated rings. The number of carbonyl (C=O) groups excluding carboxylic acids is 2. The van der Waals surface area contributed by atoms with Crippen molar-refractivity contribution in [2.75, 3.05) is 32.8 Å². The van der Waals surface area contributed by atoms with Crippen molar-refractivity contribution in [3.05, 3.63) is 58.7 Å². The van der Waals surface area contributed by atoms with E-state index in [0.717, 1.165) is 48.4 Å². The van der Waals surface area contributed by atoms with Gasteiger partial charge in [-0.25, -0.2) is 0 Å². The third-order valence-corrected chi connectivity index (χ3v) is 7.63. The molecule has 0 unspecified atom stereocenters. The Kier molecular flexibility index (Phi) is 6.47. The molecule has 0 saturated carbocycles. The normalized spacial score (nSPS) is 25.4. The molecule has 35 heavy (non-hydrogen) atoms. The summed E-state index contributed by atoms with van der Waals surface area (Å²) in [6.45, 7) is 11.5. The Morgan fingerprint density at radius 3 is 2.31 bits per heavy atom. The largest absolute Gasteiger partial charge is 0.490 e. The van der Waals surface area contributed by atoms with Gasteiger partial charge in [0.2, 0.25) is 5.91 Å². The van der Waals surface area contributed by atoms with Crippen LogP contribution >= 0.6 is 0 Å². The first-order valence-corrected chi connectivity index (χ1v) is 13.0. The summed E-state index contributed by atoms with van der Waals surface area (Å²) >= 11 is 0. The van der Waals surface area contributed by atoms with Crippen molar-refractivity contribution in [2.24, 2.45) is 11.8 Å². The highest BCUT2D eigenvalue weighted by atomic mass is 16.5. The summed E-state index contributed by atoms with van der Waals surface area (Å²) in [4.78, 5) is 31.9. The van der Waals surface area contributed by atoms with Gasteiger partial charge in [0.05, 0.1) is 25.2 Å². The third kappa shape index (κ3) is 4.17. The van der Waals surface area contributed by atoms with E-state index in [1.807, 2.05) is 54.0 Å². The second kappa shape index (κ2) is 9.56. The van der Waals surface area contributed by atoms with Crippen LogP contribution in [0.15, 0.2) is 36.4 Å². The maximum atomic E-state index is 14.3. The van der Waals surface area contributed by atoms with Gasteiger partial charge in [0.15, 0.2) is 11.5 Å². The topological polar surface area (TPSA) is 59.1 Å². The second-order valence-corrected chi connectivity index (χ2v) is 10.3. The van der Waals surface area contributed by atoms with E-state index in [2.05, 4.69) is 19.9 Å². The maximum absolute atomic E-state index is 14.3. The summed E-state index contributed by atoms with van der Waals surface area (Å²) in [6.07, 6.45) is 1.87. The van der Waals surface area contributed by atoms with E-state index in [0.29, 0.717) is 42.9 Å². The average molecular weight is 477 g/mol. The zero-order chi connectivity index (χ0) is 24.7. The van der Waals surface area contributed by atoms with Crippen LogP contribution in [0.1, 0.15) is 73.1 Å². The van der Waals surface area contributed by atoms with Crippen molar-refractivity contribution < 1.29 is 19.1 Å². The number of likely N-dealkylation sites (tertiary alicyclic amines) is 1. The number of carbonyl (C=O) groups is 2. The number of hydrogen-bond donors (Lipinski definition) is 0. The minimum absolute atomic E-state index is 0.00697. The number of piperidine rings is 1. The van der Waals surface area contributed by atoms with Crippen molar-refractivity contribution in [3.63, 3.8) is 0 Å². The van der Waals surface area contributed by atoms with Crippen LogP contribution in [0.2, 0.25) is 0 Å². The fraction of sp³-hybridized carbons (Fsp3) is 0.517. The summed E-state index contributed by atoms with van der Waals surface area (Å²) in [5.41, 5.74) is 3.62. The molecule has 0 aliphatic carbocycles. The Labute approximate surface area is 208 Å². The molecule has 2 aromatic rings. The number of nitrogens with zero attached hydrogens (tertiary/aromatic N) is 2. The quantitative estimate of drug-likeness (QED) is 0.621. The molecule has 0 spiro atoms. The Morgan fingerprint density at radius 2 is 1.63 bits per heavy atom. The molecule has 6 nitrogen and oxygen atoms in total. The van der Waals surface area contributed by atoms with Gasteiger partial charge < -0.3 is 19.3 Å². The van der Waals surface area contributed by atoms with Gasteiger partial charge in [-0.2, -0.15) is 0 Å². The third-order valence-electron chi connectivity index (χ3n) is 7.63. The van der Waals surface area contributed by atoms with Crippen LogP contribution in [-0.4, -0.2) is 54.5 Å². The number of fused-ring (bicyclic) bond motifs is 4. The minimum atomic E-state index is -0.437. The van der Waals surface area contributed by atoms with Crippen molar-refractivity contribution >= 4 is 11.8 Å². The lowest BCUT2D eigenvalue weighted by molar-refractivity contribution is -0.137. The fourth-order valence-electron chi connectivity index (χ4n) is 6.38. The highest BCUT2D eigenvalue weighted by Crippen LogP contribution is 2.49. The van der Waals surface area contributed by atoms with E-state index in [-0.39, 0.29) is 17.9 Å². The zero-order valence-electron chi connectivity index (χ0n) is 21.3. The molecule has 0 aromatic heterocycles. The lowest BCUT2D eigenvalue weighted by atomic mass is 9.75. The number of benzene rings is 2. The van der Waals surface area contributed by atoms with Gasteiger partial charge in [-0.05, 0) is 73.4 Å². The second-order valence-electron chi connectivity index (χ2n) is 10.3. The van der Waals surface area contributed by atoms with Crippen LogP contribution < -0.4 is 9.47 Å². The molecule has 6 heteroatoms. The first-order chi connectivity index (χ1) is 16.9. The smallest absolute Gasteiger partial charge is 0.254 e. The van der Waals surface area contributed by atoms with Gasteiger partial charge in [-0.1, -0.05) is 32.0 Å². The van der Waals surface area contributed by atoms with Gasteiger partial charge in [-0.15, -0.1) is 0 Å². The molecule has 3 heterocycles. The first-order valence-electron chi connectivity index (χ1n) is 13.0. The SMILES string of the molecule is CCOc1cc2c(cc1OCC)[C@@H]1[C@H](C(=O)N3C[C@H](C)C[C@@H](C)C3)c3ccccc3C(=O)N1CC2. The average Bonchev–Trinajstić information content (AvgIpc) is 2.84. The minimum Gasteiger partial charge on any atom is -0.490 e. The fourth-order valence-corrected chi connectivity index (χ4v) is 6.38.